The number of hydrogen-bond acceptors (Lipinski definition) is 3. The normalized spacial score (nSPS) is 14.8. The molecule has 12 heteroatoms. The Kier molecular flexibility index (Phi) is 12.6. The summed E-state index contributed by atoms with van der Waals surface area (Å²) < 4.78 is 17.8. The van der Waals surface area contributed by atoms with Crippen LogP contribution >= 0.6 is 27.2 Å². The van der Waals surface area contributed by atoms with Crippen molar-refractivity contribution in [2.75, 3.05) is 19.6 Å². The summed E-state index contributed by atoms with van der Waals surface area (Å²) in [5.41, 5.74) is 4.02. The fraction of sp³-hybridized carbons (Fsp3) is 0.300. The first-order valence-electron chi connectivity index (χ1n) is 9.59. The minimum absolute atomic E-state index is 0.797. The van der Waals surface area contributed by atoms with Crippen molar-refractivity contribution in [1.29, 1.82) is 0 Å². The first-order chi connectivity index (χ1) is 14.8. The second-order valence-electron chi connectivity index (χ2n) is 6.93. The van der Waals surface area contributed by atoms with Crippen LogP contribution in [0, 0.1) is 0 Å². The summed E-state index contributed by atoms with van der Waals surface area (Å²) in [6.07, 6.45) is 6.03. The quantitative estimate of drug-likeness (QED) is 0.334. The first kappa shape index (κ1) is 28.7. The minimum atomic E-state index is -4.64. The number of likely N-dealkylation sites (tertiary alicyclic amines) is 1. The molecule has 0 saturated carbocycles. The van der Waals surface area contributed by atoms with E-state index in [2.05, 4.69) is 53.4 Å². The van der Waals surface area contributed by atoms with Gasteiger partial charge in [-0.2, -0.15) is 0 Å². The molecule has 1 saturated heterocycles. The molecule has 0 unspecified atom stereocenters. The second kappa shape index (κ2) is 14.0. The Hall–Kier alpha value is -1.35. The monoisotopic (exact) mass is 507 g/mol. The van der Waals surface area contributed by atoms with Crippen molar-refractivity contribution in [3.05, 3.63) is 76.8 Å². The van der Waals surface area contributed by atoms with Gasteiger partial charge in [0.1, 0.15) is 0 Å². The summed E-state index contributed by atoms with van der Waals surface area (Å²) in [6.45, 7) is 3.52. The average molecular weight is 508 g/mol. The van der Waals surface area contributed by atoms with Crippen LogP contribution in [0.5, 0.6) is 0 Å². The van der Waals surface area contributed by atoms with E-state index in [-0.39, 0.29) is 0 Å². The lowest BCUT2D eigenvalue weighted by Crippen LogP contribution is -2.19. The van der Waals surface area contributed by atoms with Crippen molar-refractivity contribution in [3.63, 3.8) is 0 Å². The van der Waals surface area contributed by atoms with Crippen LogP contribution in [-0.2, 0) is 15.6 Å². The molecule has 1 aliphatic heterocycles. The van der Waals surface area contributed by atoms with Crippen molar-refractivity contribution in [1.82, 2.24) is 4.90 Å². The number of nitrogens with zero attached hydrogens (tertiary/aromatic N) is 1. The van der Waals surface area contributed by atoms with Gasteiger partial charge in [-0.1, -0.05) is 60.1 Å². The van der Waals surface area contributed by atoms with E-state index >= 15 is 0 Å². The molecule has 32 heavy (non-hydrogen) atoms. The molecule has 2 aromatic rings. The second-order valence-corrected chi connectivity index (χ2v) is 9.42. The van der Waals surface area contributed by atoms with E-state index < -0.39 is 15.6 Å². The highest BCUT2D eigenvalue weighted by Gasteiger charge is 2.11. The molecule has 1 fully saturated rings. The molecule has 178 valence electrons. The molecule has 0 atom stereocenters. The van der Waals surface area contributed by atoms with Crippen LogP contribution in [-0.4, -0.2) is 53.9 Å². The van der Waals surface area contributed by atoms with Crippen molar-refractivity contribution in [2.24, 2.45) is 0 Å². The smallest absolute Gasteiger partial charge is 0.303 e. The van der Waals surface area contributed by atoms with Gasteiger partial charge in [0.15, 0.2) is 0 Å². The van der Waals surface area contributed by atoms with E-state index in [0.29, 0.717) is 0 Å². The van der Waals surface area contributed by atoms with Gasteiger partial charge in [0.25, 0.3) is 0 Å². The molecule has 0 spiro atoms. The van der Waals surface area contributed by atoms with Gasteiger partial charge in [-0.3, -0.25) is 4.90 Å². The predicted octanol–water partition coefficient (Wildman–Crippen LogP) is 3.20. The average Bonchev–Trinajstić information content (AvgIpc) is 3.18. The summed E-state index contributed by atoms with van der Waals surface area (Å²) in [7, 11) is -9.28. The lowest BCUT2D eigenvalue weighted by molar-refractivity contribution is 0.272. The molecule has 2 aromatic carbocycles. The lowest BCUT2D eigenvalue weighted by atomic mass is 9.98. The van der Waals surface area contributed by atoms with E-state index in [1.54, 1.807) is 0 Å². The van der Waals surface area contributed by atoms with Crippen LogP contribution in [0.25, 0.3) is 5.57 Å². The predicted molar refractivity (Wildman–Crippen MR) is 124 cm³/mol. The van der Waals surface area contributed by atoms with Crippen molar-refractivity contribution < 1.29 is 38.5 Å². The highest BCUT2D eigenvalue weighted by atomic mass is 35.5. The summed E-state index contributed by atoms with van der Waals surface area (Å²) >= 11 is 5.99. The fourth-order valence-electron chi connectivity index (χ4n) is 2.97. The highest BCUT2D eigenvalue weighted by molar-refractivity contribution is 7.45. The van der Waals surface area contributed by atoms with Crippen molar-refractivity contribution >= 4 is 32.8 Å². The van der Waals surface area contributed by atoms with Crippen LogP contribution in [0.1, 0.15) is 24.0 Å². The number of benzene rings is 2. The van der Waals surface area contributed by atoms with Gasteiger partial charge in [-0.15, -0.1) is 0 Å². The lowest BCUT2D eigenvalue weighted by Gasteiger charge is -2.14. The first-order valence-corrected chi connectivity index (χ1v) is 13.1. The van der Waals surface area contributed by atoms with Crippen LogP contribution in [0.15, 0.2) is 60.7 Å². The third-order valence-corrected chi connectivity index (χ3v) is 4.50. The van der Waals surface area contributed by atoms with Crippen molar-refractivity contribution in [2.45, 2.75) is 19.3 Å². The third kappa shape index (κ3) is 16.3. The maximum atomic E-state index is 8.88. The molecule has 0 radical (unpaired) electrons. The van der Waals surface area contributed by atoms with Gasteiger partial charge in [0.05, 0.1) is 0 Å². The molecule has 9 nitrogen and oxygen atoms in total. The van der Waals surface area contributed by atoms with Gasteiger partial charge in [-0.25, -0.2) is 9.13 Å². The molecule has 0 aliphatic carbocycles. The number of phosphoric acid groups is 2. The Bertz CT molecular complexity index is 886. The zero-order chi connectivity index (χ0) is 24.2. The fourth-order valence-corrected chi connectivity index (χ4v) is 3.10. The number of rotatable bonds is 5. The van der Waals surface area contributed by atoms with Gasteiger partial charge < -0.3 is 29.4 Å². The SMILES string of the molecule is Clc1ccc(C/C(=C\CN2CCCC2)c2ccccc2)cc1.O=P(O)(O)O.O=P(O)(O)O. The Morgan fingerprint density at radius 2 is 1.31 bits per heavy atom. The highest BCUT2D eigenvalue weighted by Crippen LogP contribution is 2.26. The van der Waals surface area contributed by atoms with Crippen LogP contribution in [0.2, 0.25) is 5.02 Å². The third-order valence-electron chi connectivity index (χ3n) is 4.25. The Morgan fingerprint density at radius 1 is 0.844 bits per heavy atom. The minimum Gasteiger partial charge on any atom is -0.303 e. The molecule has 0 bridgehead atoms. The Balaban J connectivity index is 0.000000431. The number of hydrogen-bond donors (Lipinski definition) is 6. The van der Waals surface area contributed by atoms with E-state index in [0.717, 1.165) is 18.0 Å². The van der Waals surface area contributed by atoms with E-state index in [1.807, 2.05) is 12.1 Å². The molecule has 1 aliphatic rings. The molecule has 1 heterocycles. The topological polar surface area (TPSA) is 159 Å². The van der Waals surface area contributed by atoms with Gasteiger partial charge in [0, 0.05) is 11.6 Å². The zero-order valence-electron chi connectivity index (χ0n) is 17.2. The summed E-state index contributed by atoms with van der Waals surface area (Å²) in [6, 6.07) is 18.9. The van der Waals surface area contributed by atoms with E-state index in [9.17, 15) is 0 Å². The maximum absolute atomic E-state index is 8.88. The summed E-state index contributed by atoms with van der Waals surface area (Å²) in [4.78, 5) is 45.7. The van der Waals surface area contributed by atoms with Gasteiger partial charge in [0.2, 0.25) is 0 Å². The molecule has 3 rings (SSSR count). The molecule has 6 N–H and O–H groups in total. The van der Waals surface area contributed by atoms with Gasteiger partial charge >= 0.3 is 15.6 Å². The largest absolute Gasteiger partial charge is 0.466 e. The number of halogens is 1. The number of allylic oxidation sites excluding steroid dienone is 1. The molecule has 0 amide bonds. The van der Waals surface area contributed by atoms with Crippen LogP contribution < -0.4 is 0 Å². The molecule has 0 aromatic heterocycles. The standard InChI is InChI=1S/C20H22ClN.2H3O4P/c21-20-10-8-17(9-11-20)16-19(18-6-2-1-3-7-18)12-15-22-13-4-5-14-22;2*1-5(2,3)4/h1-3,6-12H,4-5,13-16H2;2*(H3,1,2,3,4)/b19-12+;;. The molecular weight excluding hydrogens is 480 g/mol. The molecular formula is C20H28ClNO8P2. The van der Waals surface area contributed by atoms with E-state index in [4.69, 9.17) is 50.1 Å². The van der Waals surface area contributed by atoms with Crippen molar-refractivity contribution in [3.8, 4) is 0 Å². The zero-order valence-corrected chi connectivity index (χ0v) is 19.8. The van der Waals surface area contributed by atoms with Gasteiger partial charge in [-0.05, 0) is 61.2 Å². The Labute approximate surface area is 192 Å². The summed E-state index contributed by atoms with van der Waals surface area (Å²) in [5, 5.41) is 0.797. The maximum Gasteiger partial charge on any atom is 0.466 e. The summed E-state index contributed by atoms with van der Waals surface area (Å²) in [5.74, 6) is 0. The Morgan fingerprint density at radius 3 is 1.78 bits per heavy atom. The van der Waals surface area contributed by atoms with Crippen LogP contribution in [0.3, 0.4) is 0 Å². The van der Waals surface area contributed by atoms with Crippen LogP contribution in [0.4, 0.5) is 0 Å². The van der Waals surface area contributed by atoms with E-state index in [1.165, 1.54) is 42.6 Å².